The Balaban J connectivity index is 0. The maximum Gasteiger partial charge on any atom is 0.0786 e. The molecule has 0 fully saturated rings. The lowest BCUT2D eigenvalue weighted by molar-refractivity contribution is -0.929. The molecule has 0 spiro atoms. The lowest BCUT2D eigenvalue weighted by Gasteiger charge is -2.39. The molecule has 148 valence electrons. The molecule has 0 aliphatic rings. The summed E-state index contributed by atoms with van der Waals surface area (Å²) in [5.41, 5.74) is 0. The predicted octanol–water partition coefficient (Wildman–Crippen LogP) is 7.17. The minimum Gasteiger partial charge on any atom is -0.870 e. The van der Waals surface area contributed by atoms with E-state index in [1.165, 1.54) is 121 Å². The third kappa shape index (κ3) is 14.3. The molecule has 0 aromatic heterocycles. The molecule has 0 amide bonds. The molecule has 0 saturated carbocycles. The first-order valence-corrected chi connectivity index (χ1v) is 11.1. The van der Waals surface area contributed by atoms with E-state index >= 15 is 0 Å². The Morgan fingerprint density at radius 3 is 0.958 bits per heavy atom. The van der Waals surface area contributed by atoms with E-state index in [9.17, 15) is 0 Å². The Labute approximate surface area is 154 Å². The molecular weight excluding hydrogens is 294 g/mol. The van der Waals surface area contributed by atoms with E-state index in [1.807, 2.05) is 0 Å². The van der Waals surface area contributed by atoms with Gasteiger partial charge in [0.05, 0.1) is 26.2 Å². The van der Waals surface area contributed by atoms with Crippen LogP contribution in [0.1, 0.15) is 118 Å². The summed E-state index contributed by atoms with van der Waals surface area (Å²) < 4.78 is 1.45. The highest BCUT2D eigenvalue weighted by Crippen LogP contribution is 2.18. The maximum absolute atomic E-state index is 2.34. The molecule has 0 radical (unpaired) electrons. The number of hydrogen-bond acceptors (Lipinski definition) is 1. The van der Waals surface area contributed by atoms with Crippen LogP contribution in [0.5, 0.6) is 0 Å². The second-order valence-corrected chi connectivity index (χ2v) is 7.77. The Morgan fingerprint density at radius 2 is 0.625 bits per heavy atom. The van der Waals surface area contributed by atoms with Crippen molar-refractivity contribution in [1.29, 1.82) is 0 Å². The third-order valence-electron chi connectivity index (χ3n) is 5.44. The highest BCUT2D eigenvalue weighted by Gasteiger charge is 2.25. The highest BCUT2D eigenvalue weighted by atomic mass is 16.0. The Kier molecular flexibility index (Phi) is 21.0. The molecule has 0 heterocycles. The van der Waals surface area contributed by atoms with Gasteiger partial charge in [-0.15, -0.1) is 0 Å². The zero-order valence-corrected chi connectivity index (χ0v) is 17.6. The van der Waals surface area contributed by atoms with Crippen molar-refractivity contribution in [1.82, 2.24) is 0 Å². The van der Waals surface area contributed by atoms with Crippen LogP contribution in [0.3, 0.4) is 0 Å². The fourth-order valence-corrected chi connectivity index (χ4v) is 3.81. The summed E-state index contributed by atoms with van der Waals surface area (Å²) in [6.45, 7) is 15.2. The summed E-state index contributed by atoms with van der Waals surface area (Å²) >= 11 is 0. The molecule has 2 heteroatoms. The number of unbranched alkanes of at least 4 members (excludes halogenated alkanes) is 10. The maximum atomic E-state index is 2.34. The molecule has 0 bridgehead atoms. The second-order valence-electron chi connectivity index (χ2n) is 7.77. The first-order valence-electron chi connectivity index (χ1n) is 11.1. The van der Waals surface area contributed by atoms with Crippen LogP contribution in [0.25, 0.3) is 0 Å². The van der Waals surface area contributed by atoms with E-state index in [4.69, 9.17) is 0 Å². The molecule has 0 unspecified atom stereocenters. The third-order valence-corrected chi connectivity index (χ3v) is 5.44. The first-order chi connectivity index (χ1) is 11.2. The molecule has 2 nitrogen and oxygen atoms in total. The normalized spacial score (nSPS) is 11.5. The SMILES string of the molecule is CCCCCCC[N+](CCCCC)(CCCCC)CCCCC.[OH-]. The average molecular weight is 344 g/mol. The smallest absolute Gasteiger partial charge is 0.0786 e. The summed E-state index contributed by atoms with van der Waals surface area (Å²) in [7, 11) is 0. The van der Waals surface area contributed by atoms with Gasteiger partial charge in [0.2, 0.25) is 0 Å². The van der Waals surface area contributed by atoms with Gasteiger partial charge in [-0.25, -0.2) is 0 Å². The van der Waals surface area contributed by atoms with E-state index < -0.39 is 0 Å². The van der Waals surface area contributed by atoms with Gasteiger partial charge in [0, 0.05) is 0 Å². The zero-order valence-electron chi connectivity index (χ0n) is 17.6. The highest BCUT2D eigenvalue weighted by molar-refractivity contribution is 4.52. The first kappa shape index (κ1) is 26.2. The Morgan fingerprint density at radius 1 is 0.375 bits per heavy atom. The van der Waals surface area contributed by atoms with Crippen molar-refractivity contribution in [2.45, 2.75) is 118 Å². The van der Waals surface area contributed by atoms with Crippen molar-refractivity contribution < 1.29 is 9.96 Å². The van der Waals surface area contributed by atoms with Gasteiger partial charge in [-0.05, 0) is 51.4 Å². The van der Waals surface area contributed by atoms with Crippen LogP contribution in [0.2, 0.25) is 0 Å². The predicted molar refractivity (Wildman–Crippen MR) is 109 cm³/mol. The van der Waals surface area contributed by atoms with E-state index in [2.05, 4.69) is 27.7 Å². The van der Waals surface area contributed by atoms with Gasteiger partial charge >= 0.3 is 0 Å². The van der Waals surface area contributed by atoms with Gasteiger partial charge in [0.15, 0.2) is 0 Å². The van der Waals surface area contributed by atoms with Crippen molar-refractivity contribution in [2.75, 3.05) is 26.2 Å². The molecule has 0 saturated heterocycles. The van der Waals surface area contributed by atoms with E-state index in [1.54, 1.807) is 0 Å². The van der Waals surface area contributed by atoms with Crippen LogP contribution in [0.4, 0.5) is 0 Å². The van der Waals surface area contributed by atoms with Gasteiger partial charge in [0.1, 0.15) is 0 Å². The standard InChI is InChI=1S/C22H48N.H2O/c1-5-9-13-14-18-22-23(19-15-10-6-2,20-16-11-7-3)21-17-12-8-4;/h5-22H2,1-4H3;1H2/q+1;/p-1. The molecule has 0 aliphatic carbocycles. The molecule has 0 aliphatic heterocycles. The lowest BCUT2D eigenvalue weighted by atomic mass is 10.1. The molecule has 0 atom stereocenters. The summed E-state index contributed by atoms with van der Waals surface area (Å²) in [5, 5.41) is 0. The fourth-order valence-electron chi connectivity index (χ4n) is 3.81. The van der Waals surface area contributed by atoms with E-state index in [0.29, 0.717) is 0 Å². The summed E-state index contributed by atoms with van der Waals surface area (Å²) in [5.74, 6) is 0. The van der Waals surface area contributed by atoms with Gasteiger partial charge in [-0.3, -0.25) is 0 Å². The topological polar surface area (TPSA) is 30.0 Å². The van der Waals surface area contributed by atoms with Gasteiger partial charge in [-0.1, -0.05) is 66.2 Å². The van der Waals surface area contributed by atoms with Crippen molar-refractivity contribution in [3.05, 3.63) is 0 Å². The van der Waals surface area contributed by atoms with Crippen LogP contribution in [0.15, 0.2) is 0 Å². The van der Waals surface area contributed by atoms with Crippen LogP contribution in [0, 0.1) is 0 Å². The summed E-state index contributed by atoms with van der Waals surface area (Å²) in [6.07, 6.45) is 19.9. The van der Waals surface area contributed by atoms with Crippen LogP contribution in [-0.2, 0) is 0 Å². The average Bonchev–Trinajstić information content (AvgIpc) is 2.55. The van der Waals surface area contributed by atoms with Crippen LogP contribution in [-0.4, -0.2) is 36.1 Å². The summed E-state index contributed by atoms with van der Waals surface area (Å²) in [4.78, 5) is 0. The van der Waals surface area contributed by atoms with E-state index in [-0.39, 0.29) is 5.48 Å². The quantitative estimate of drug-likeness (QED) is 0.192. The molecule has 0 aromatic carbocycles. The van der Waals surface area contributed by atoms with Gasteiger partial charge < -0.3 is 9.96 Å². The zero-order chi connectivity index (χ0) is 17.2. The van der Waals surface area contributed by atoms with Gasteiger partial charge in [-0.2, -0.15) is 0 Å². The summed E-state index contributed by atoms with van der Waals surface area (Å²) in [6, 6.07) is 0. The van der Waals surface area contributed by atoms with Crippen molar-refractivity contribution in [3.63, 3.8) is 0 Å². The largest absolute Gasteiger partial charge is 0.870 e. The molecule has 0 rings (SSSR count). The number of rotatable bonds is 18. The monoisotopic (exact) mass is 343 g/mol. The van der Waals surface area contributed by atoms with Gasteiger partial charge in [0.25, 0.3) is 0 Å². The molecule has 0 aromatic rings. The molecular formula is C22H49NO. The number of hydrogen-bond donors (Lipinski definition) is 0. The van der Waals surface area contributed by atoms with Crippen LogP contribution < -0.4 is 0 Å². The Hall–Kier alpha value is -0.0800. The van der Waals surface area contributed by atoms with E-state index in [0.717, 1.165) is 0 Å². The van der Waals surface area contributed by atoms with Crippen molar-refractivity contribution >= 4 is 0 Å². The second kappa shape index (κ2) is 19.2. The minimum atomic E-state index is 0. The Bertz CT molecular complexity index is 203. The molecule has 1 N–H and O–H groups in total. The fraction of sp³-hybridized carbons (Fsp3) is 1.00. The number of quaternary nitrogens is 1. The van der Waals surface area contributed by atoms with Crippen molar-refractivity contribution in [3.8, 4) is 0 Å². The number of nitrogens with zero attached hydrogens (tertiary/aromatic N) is 1. The van der Waals surface area contributed by atoms with Crippen LogP contribution >= 0.6 is 0 Å². The lowest BCUT2D eigenvalue weighted by Crippen LogP contribution is -2.50. The molecule has 24 heavy (non-hydrogen) atoms. The minimum absolute atomic E-state index is 0. The van der Waals surface area contributed by atoms with Crippen molar-refractivity contribution in [2.24, 2.45) is 0 Å².